The molecule has 24 heavy (non-hydrogen) atoms. The number of aliphatic hydroxyl groups excluding tert-OH is 1. The Morgan fingerprint density at radius 3 is 2.29 bits per heavy atom. The predicted octanol–water partition coefficient (Wildman–Crippen LogP) is 4.06. The maximum atomic E-state index is 13.3. The van der Waals surface area contributed by atoms with Crippen LogP contribution in [0.5, 0.6) is 5.75 Å². The minimum absolute atomic E-state index is 0.273. The van der Waals surface area contributed by atoms with Gasteiger partial charge in [0.2, 0.25) is 0 Å². The summed E-state index contributed by atoms with van der Waals surface area (Å²) in [5.74, 6) is -0.563. The van der Waals surface area contributed by atoms with Gasteiger partial charge < -0.3 is 14.4 Å². The molecule has 0 saturated carbocycles. The summed E-state index contributed by atoms with van der Waals surface area (Å²) in [6.07, 6.45) is 2.92. The van der Waals surface area contributed by atoms with E-state index in [1.54, 1.807) is 51.3 Å². The first-order chi connectivity index (χ1) is 11.5. The van der Waals surface area contributed by atoms with Crippen LogP contribution < -0.4 is 10.0 Å². The van der Waals surface area contributed by atoms with Crippen LogP contribution in [0.15, 0.2) is 60.7 Å². The molecular formula is C19H23O4P. The van der Waals surface area contributed by atoms with Crippen LogP contribution in [0.2, 0.25) is 0 Å². The Bertz CT molecular complexity index is 725. The number of benzene rings is 2. The van der Waals surface area contributed by atoms with E-state index in [1.807, 2.05) is 30.3 Å². The minimum Gasteiger partial charge on any atom is -0.496 e. The third-order valence-corrected chi connectivity index (χ3v) is 6.04. The van der Waals surface area contributed by atoms with Crippen molar-refractivity contribution in [3.63, 3.8) is 0 Å². The van der Waals surface area contributed by atoms with Crippen LogP contribution in [0.1, 0.15) is 19.4 Å². The number of methoxy groups -OCH3 is 1. The fourth-order valence-electron chi connectivity index (χ4n) is 2.33. The molecule has 0 aliphatic heterocycles. The molecule has 2 aromatic rings. The van der Waals surface area contributed by atoms with Gasteiger partial charge in [0.1, 0.15) is 5.75 Å². The van der Waals surface area contributed by atoms with Gasteiger partial charge in [-0.15, -0.1) is 0 Å². The zero-order valence-electron chi connectivity index (χ0n) is 14.1. The van der Waals surface area contributed by atoms with Crippen molar-refractivity contribution in [3.8, 4) is 5.75 Å². The molecule has 2 atom stereocenters. The quantitative estimate of drug-likeness (QED) is 0.768. The number of hydrogen-bond donors (Lipinski definition) is 1. The van der Waals surface area contributed by atoms with Crippen LogP contribution in [-0.4, -0.2) is 24.2 Å². The van der Waals surface area contributed by atoms with E-state index in [9.17, 15) is 9.67 Å². The SMILES string of the molecule is COc1ccccc1/C=C/C(O)P(=O)(OC(C)C)c1ccccc1. The molecule has 5 heteroatoms. The highest BCUT2D eigenvalue weighted by Crippen LogP contribution is 2.51. The Morgan fingerprint density at radius 1 is 1.04 bits per heavy atom. The smallest absolute Gasteiger partial charge is 0.263 e. The zero-order chi connectivity index (χ0) is 17.6. The first-order valence-corrected chi connectivity index (χ1v) is 9.50. The Morgan fingerprint density at radius 2 is 1.67 bits per heavy atom. The topological polar surface area (TPSA) is 55.8 Å². The molecule has 2 rings (SSSR count). The normalized spacial score (nSPS) is 15.4. The van der Waals surface area contributed by atoms with Crippen molar-refractivity contribution in [2.45, 2.75) is 25.8 Å². The van der Waals surface area contributed by atoms with Gasteiger partial charge >= 0.3 is 0 Å². The third kappa shape index (κ3) is 4.35. The molecule has 0 amide bonds. The number of rotatable bonds is 7. The molecule has 0 aliphatic carbocycles. The van der Waals surface area contributed by atoms with E-state index in [4.69, 9.17) is 9.26 Å². The molecule has 0 fully saturated rings. The van der Waals surface area contributed by atoms with E-state index in [2.05, 4.69) is 0 Å². The second kappa shape index (κ2) is 8.29. The Kier molecular flexibility index (Phi) is 6.38. The Balaban J connectivity index is 2.33. The van der Waals surface area contributed by atoms with Gasteiger partial charge in [-0.2, -0.15) is 0 Å². The summed E-state index contributed by atoms with van der Waals surface area (Å²) >= 11 is 0. The van der Waals surface area contributed by atoms with Crippen LogP contribution >= 0.6 is 7.37 Å². The Hall–Kier alpha value is -1.87. The Labute approximate surface area is 143 Å². The van der Waals surface area contributed by atoms with Crippen molar-refractivity contribution in [1.29, 1.82) is 0 Å². The average Bonchev–Trinajstić information content (AvgIpc) is 2.60. The predicted molar refractivity (Wildman–Crippen MR) is 97.9 cm³/mol. The second-order valence-electron chi connectivity index (χ2n) is 5.60. The van der Waals surface area contributed by atoms with Gasteiger partial charge in [-0.3, -0.25) is 4.57 Å². The van der Waals surface area contributed by atoms with Crippen molar-refractivity contribution < 1.29 is 18.9 Å². The second-order valence-corrected chi connectivity index (χ2v) is 8.05. The summed E-state index contributed by atoms with van der Waals surface area (Å²) in [6, 6.07) is 16.2. The lowest BCUT2D eigenvalue weighted by atomic mass is 10.2. The molecule has 0 radical (unpaired) electrons. The van der Waals surface area contributed by atoms with E-state index >= 15 is 0 Å². The summed E-state index contributed by atoms with van der Waals surface area (Å²) in [4.78, 5) is 0. The zero-order valence-corrected chi connectivity index (χ0v) is 15.0. The molecule has 0 aromatic heterocycles. The molecule has 1 N–H and O–H groups in total. The van der Waals surface area contributed by atoms with Crippen molar-refractivity contribution in [2.24, 2.45) is 0 Å². The summed E-state index contributed by atoms with van der Waals surface area (Å²) < 4.78 is 24.3. The highest BCUT2D eigenvalue weighted by molar-refractivity contribution is 7.67. The van der Waals surface area contributed by atoms with Gasteiger partial charge in [-0.1, -0.05) is 42.5 Å². The first-order valence-electron chi connectivity index (χ1n) is 7.80. The van der Waals surface area contributed by atoms with Gasteiger partial charge in [0.25, 0.3) is 7.37 Å². The van der Waals surface area contributed by atoms with Gasteiger partial charge in [-0.25, -0.2) is 0 Å². The number of aliphatic hydroxyl groups is 1. The maximum absolute atomic E-state index is 13.3. The standard InChI is InChI=1S/C19H23O4P/c1-15(2)23-24(21,17-10-5-4-6-11-17)19(20)14-13-16-9-7-8-12-18(16)22-3/h4-15,19-20H,1-3H3/b14-13+. The fraction of sp³-hybridized carbons (Fsp3) is 0.263. The van der Waals surface area contributed by atoms with Crippen LogP contribution in [0.25, 0.3) is 6.08 Å². The van der Waals surface area contributed by atoms with Gasteiger partial charge in [0.05, 0.1) is 13.2 Å². The van der Waals surface area contributed by atoms with Crippen molar-refractivity contribution in [3.05, 3.63) is 66.2 Å². The molecule has 0 spiro atoms. The molecule has 0 aliphatic rings. The summed E-state index contributed by atoms with van der Waals surface area (Å²) in [6.45, 7) is 3.60. The molecule has 0 bridgehead atoms. The number of para-hydroxylation sites is 1. The number of hydrogen-bond acceptors (Lipinski definition) is 4. The van der Waals surface area contributed by atoms with Gasteiger partial charge in [-0.05, 0) is 38.1 Å². The molecule has 0 heterocycles. The average molecular weight is 346 g/mol. The van der Waals surface area contributed by atoms with E-state index in [-0.39, 0.29) is 6.10 Å². The highest BCUT2D eigenvalue weighted by Gasteiger charge is 2.34. The minimum atomic E-state index is -3.45. The molecule has 0 saturated heterocycles. The van der Waals surface area contributed by atoms with Crippen LogP contribution in [0.4, 0.5) is 0 Å². The van der Waals surface area contributed by atoms with E-state index in [1.165, 1.54) is 6.08 Å². The van der Waals surface area contributed by atoms with Crippen LogP contribution in [0.3, 0.4) is 0 Å². The van der Waals surface area contributed by atoms with E-state index in [0.717, 1.165) is 5.56 Å². The lowest BCUT2D eigenvalue weighted by Crippen LogP contribution is -2.20. The summed E-state index contributed by atoms with van der Waals surface area (Å²) in [7, 11) is -1.87. The monoisotopic (exact) mass is 346 g/mol. The van der Waals surface area contributed by atoms with Crippen molar-refractivity contribution in [2.75, 3.05) is 7.11 Å². The maximum Gasteiger partial charge on any atom is 0.263 e. The van der Waals surface area contributed by atoms with Crippen molar-refractivity contribution >= 4 is 18.7 Å². The third-order valence-electron chi connectivity index (χ3n) is 3.42. The molecule has 128 valence electrons. The lowest BCUT2D eigenvalue weighted by Gasteiger charge is -2.24. The largest absolute Gasteiger partial charge is 0.496 e. The first kappa shape index (κ1) is 18.5. The molecular weight excluding hydrogens is 323 g/mol. The lowest BCUT2D eigenvalue weighted by molar-refractivity contribution is 0.208. The van der Waals surface area contributed by atoms with Gasteiger partial charge in [0.15, 0.2) is 5.85 Å². The highest BCUT2D eigenvalue weighted by atomic mass is 31.2. The van der Waals surface area contributed by atoms with Crippen molar-refractivity contribution in [1.82, 2.24) is 0 Å². The molecule has 2 aromatic carbocycles. The van der Waals surface area contributed by atoms with E-state index in [0.29, 0.717) is 11.1 Å². The summed E-state index contributed by atoms with van der Waals surface area (Å²) in [5.41, 5.74) is 0.795. The molecule has 2 unspecified atom stereocenters. The fourth-order valence-corrected chi connectivity index (χ4v) is 4.41. The van der Waals surface area contributed by atoms with Crippen LogP contribution in [-0.2, 0) is 9.09 Å². The number of ether oxygens (including phenoxy) is 1. The molecule has 4 nitrogen and oxygen atoms in total. The van der Waals surface area contributed by atoms with Crippen LogP contribution in [0, 0.1) is 0 Å². The van der Waals surface area contributed by atoms with E-state index < -0.39 is 13.2 Å². The van der Waals surface area contributed by atoms with Gasteiger partial charge in [0, 0.05) is 10.9 Å². The summed E-state index contributed by atoms with van der Waals surface area (Å²) in [5, 5.41) is 11.1.